The maximum absolute atomic E-state index is 12.0. The van der Waals surface area contributed by atoms with Gasteiger partial charge in [0, 0.05) is 0 Å². The van der Waals surface area contributed by atoms with Crippen molar-refractivity contribution in [2.24, 2.45) is 0 Å². The van der Waals surface area contributed by atoms with E-state index >= 15 is 0 Å². The van der Waals surface area contributed by atoms with E-state index in [0.717, 1.165) is 5.56 Å². The molecule has 4 nitrogen and oxygen atoms in total. The second kappa shape index (κ2) is 6.94. The van der Waals surface area contributed by atoms with Gasteiger partial charge in [-0.25, -0.2) is 4.79 Å². The van der Waals surface area contributed by atoms with E-state index in [4.69, 9.17) is 11.2 Å². The van der Waals surface area contributed by atoms with E-state index in [-0.39, 0.29) is 12.0 Å². The first-order valence-electron chi connectivity index (χ1n) is 6.78. The van der Waals surface area contributed by atoms with E-state index in [1.807, 2.05) is 12.1 Å². The number of esters is 1. The van der Waals surface area contributed by atoms with Gasteiger partial charge in [0.05, 0.1) is 12.1 Å². The van der Waals surface area contributed by atoms with Gasteiger partial charge in [-0.2, -0.15) is 0 Å². The summed E-state index contributed by atoms with van der Waals surface area (Å²) in [6, 6.07) is 7.18. The maximum Gasteiger partial charge on any atom is 0.338 e. The molecular weight excluding hydrogens is 266 g/mol. The summed E-state index contributed by atoms with van der Waals surface area (Å²) in [6.07, 6.45) is 4.16. The first-order valence-corrected chi connectivity index (χ1v) is 6.78. The first kappa shape index (κ1) is 16.8. The van der Waals surface area contributed by atoms with Crippen molar-refractivity contribution < 1.29 is 14.3 Å². The third-order valence-corrected chi connectivity index (χ3v) is 3.00. The zero-order chi connectivity index (χ0) is 16.0. The molecule has 0 radical (unpaired) electrons. The Labute approximate surface area is 125 Å². The number of amides is 1. The minimum atomic E-state index is -0.881. The first-order chi connectivity index (χ1) is 9.75. The number of nitrogens with one attached hydrogen (secondary N) is 1. The minimum absolute atomic E-state index is 0.0187. The van der Waals surface area contributed by atoms with Crippen molar-refractivity contribution in [3.63, 3.8) is 0 Å². The number of benzene rings is 1. The van der Waals surface area contributed by atoms with Crippen molar-refractivity contribution in [2.45, 2.75) is 39.2 Å². The third kappa shape index (κ3) is 4.96. The summed E-state index contributed by atoms with van der Waals surface area (Å²) < 4.78 is 5.10. The van der Waals surface area contributed by atoms with E-state index < -0.39 is 18.0 Å². The zero-order valence-electron chi connectivity index (χ0n) is 12.9. The van der Waals surface area contributed by atoms with Crippen molar-refractivity contribution in [3.05, 3.63) is 35.4 Å². The van der Waals surface area contributed by atoms with E-state index in [9.17, 15) is 9.59 Å². The number of hydrogen-bond acceptors (Lipinski definition) is 3. The van der Waals surface area contributed by atoms with Gasteiger partial charge in [-0.3, -0.25) is 4.79 Å². The Bertz CT molecular complexity index is 547. The number of hydrogen-bond donors (Lipinski definition) is 1. The molecule has 0 aliphatic heterocycles. The van der Waals surface area contributed by atoms with Crippen molar-refractivity contribution in [1.29, 1.82) is 0 Å². The molecule has 1 rings (SSSR count). The summed E-state index contributed by atoms with van der Waals surface area (Å²) in [5.41, 5.74) is 1.56. The molecule has 0 saturated carbocycles. The highest BCUT2D eigenvalue weighted by molar-refractivity contribution is 5.92. The van der Waals surface area contributed by atoms with Crippen LogP contribution in [0.5, 0.6) is 0 Å². The van der Waals surface area contributed by atoms with E-state index in [0.29, 0.717) is 5.56 Å². The number of terminal acetylenes is 1. The van der Waals surface area contributed by atoms with Gasteiger partial charge in [-0.15, -0.1) is 6.42 Å². The SMILES string of the molecule is C#CCNC(=O)[C@H](C)OC(=O)c1ccc(C(C)(C)C)cc1. The van der Waals surface area contributed by atoms with E-state index in [1.54, 1.807) is 12.1 Å². The lowest BCUT2D eigenvalue weighted by molar-refractivity contribution is -0.128. The molecule has 1 amide bonds. The van der Waals surface area contributed by atoms with Crippen LogP contribution in [0.25, 0.3) is 0 Å². The van der Waals surface area contributed by atoms with Gasteiger partial charge in [-0.1, -0.05) is 38.8 Å². The second-order valence-electron chi connectivity index (χ2n) is 5.80. The molecule has 4 heteroatoms. The molecule has 0 spiro atoms. The van der Waals surface area contributed by atoms with E-state index in [1.165, 1.54) is 6.92 Å². The smallest absolute Gasteiger partial charge is 0.338 e. The number of rotatable bonds is 4. The predicted molar refractivity (Wildman–Crippen MR) is 81.9 cm³/mol. The second-order valence-corrected chi connectivity index (χ2v) is 5.80. The van der Waals surface area contributed by atoms with Crippen molar-refractivity contribution in [1.82, 2.24) is 5.32 Å². The number of carbonyl (C=O) groups excluding carboxylic acids is 2. The van der Waals surface area contributed by atoms with Crippen LogP contribution in [0.15, 0.2) is 24.3 Å². The molecule has 0 heterocycles. The third-order valence-electron chi connectivity index (χ3n) is 3.00. The Balaban J connectivity index is 2.68. The quantitative estimate of drug-likeness (QED) is 0.683. The van der Waals surface area contributed by atoms with Crippen LogP contribution in [-0.2, 0) is 14.9 Å². The average molecular weight is 287 g/mol. The Hall–Kier alpha value is -2.28. The predicted octanol–water partition coefficient (Wildman–Crippen LogP) is 2.28. The lowest BCUT2D eigenvalue weighted by Gasteiger charge is -2.19. The van der Waals surface area contributed by atoms with Crippen molar-refractivity contribution in [2.75, 3.05) is 6.54 Å². The van der Waals surface area contributed by atoms with Crippen LogP contribution < -0.4 is 5.32 Å². The fourth-order valence-corrected chi connectivity index (χ4v) is 1.67. The Morgan fingerprint density at radius 1 is 1.29 bits per heavy atom. The fraction of sp³-hybridized carbons (Fsp3) is 0.412. The van der Waals surface area contributed by atoms with Gasteiger partial charge in [0.15, 0.2) is 6.10 Å². The number of carbonyl (C=O) groups is 2. The number of ether oxygens (including phenoxy) is 1. The van der Waals surface area contributed by atoms with Gasteiger partial charge in [0.25, 0.3) is 5.91 Å². The van der Waals surface area contributed by atoms with Crippen LogP contribution in [-0.4, -0.2) is 24.5 Å². The molecule has 21 heavy (non-hydrogen) atoms. The highest BCUT2D eigenvalue weighted by Gasteiger charge is 2.19. The van der Waals surface area contributed by atoms with Gasteiger partial charge in [0.1, 0.15) is 0 Å². The lowest BCUT2D eigenvalue weighted by atomic mass is 9.87. The molecule has 0 saturated heterocycles. The summed E-state index contributed by atoms with van der Waals surface area (Å²) in [5.74, 6) is 1.35. The van der Waals surface area contributed by atoms with Crippen molar-refractivity contribution >= 4 is 11.9 Å². The van der Waals surface area contributed by atoms with Crippen LogP contribution in [0.4, 0.5) is 0 Å². The summed E-state index contributed by atoms with van der Waals surface area (Å²) >= 11 is 0. The van der Waals surface area contributed by atoms with E-state index in [2.05, 4.69) is 32.0 Å². The molecule has 1 N–H and O–H groups in total. The fourth-order valence-electron chi connectivity index (χ4n) is 1.67. The molecule has 112 valence electrons. The minimum Gasteiger partial charge on any atom is -0.449 e. The standard InChI is InChI=1S/C17H21NO3/c1-6-11-18-15(19)12(2)21-16(20)13-7-9-14(10-8-13)17(3,4)5/h1,7-10,12H,11H2,2-5H3,(H,18,19)/t12-/m0/s1. The Morgan fingerprint density at radius 2 is 1.86 bits per heavy atom. The lowest BCUT2D eigenvalue weighted by Crippen LogP contribution is -2.36. The molecule has 1 aromatic carbocycles. The highest BCUT2D eigenvalue weighted by atomic mass is 16.5. The molecule has 0 aliphatic rings. The van der Waals surface area contributed by atoms with Crippen LogP contribution in [0.1, 0.15) is 43.6 Å². The summed E-state index contributed by atoms with van der Waals surface area (Å²) in [4.78, 5) is 23.5. The molecule has 0 unspecified atom stereocenters. The maximum atomic E-state index is 12.0. The monoisotopic (exact) mass is 287 g/mol. The highest BCUT2D eigenvalue weighted by Crippen LogP contribution is 2.22. The van der Waals surface area contributed by atoms with Gasteiger partial charge in [-0.05, 0) is 30.0 Å². The molecular formula is C17H21NO3. The molecule has 1 atom stereocenters. The molecule has 0 fully saturated rings. The topological polar surface area (TPSA) is 55.4 Å². The zero-order valence-corrected chi connectivity index (χ0v) is 12.9. The largest absolute Gasteiger partial charge is 0.449 e. The molecule has 1 aromatic rings. The van der Waals surface area contributed by atoms with Crippen LogP contribution in [0, 0.1) is 12.3 Å². The molecule has 0 aromatic heterocycles. The molecule has 0 bridgehead atoms. The summed E-state index contributed by atoms with van der Waals surface area (Å²) in [6.45, 7) is 7.91. The normalized spacial score (nSPS) is 12.1. The van der Waals surface area contributed by atoms with Gasteiger partial charge < -0.3 is 10.1 Å². The van der Waals surface area contributed by atoms with Crippen LogP contribution in [0.2, 0.25) is 0 Å². The summed E-state index contributed by atoms with van der Waals surface area (Å²) in [7, 11) is 0. The van der Waals surface area contributed by atoms with Crippen LogP contribution in [0.3, 0.4) is 0 Å². The van der Waals surface area contributed by atoms with Gasteiger partial charge >= 0.3 is 5.97 Å². The van der Waals surface area contributed by atoms with Gasteiger partial charge in [0.2, 0.25) is 0 Å². The Morgan fingerprint density at radius 3 is 2.33 bits per heavy atom. The van der Waals surface area contributed by atoms with Crippen LogP contribution >= 0.6 is 0 Å². The summed E-state index contributed by atoms with van der Waals surface area (Å²) in [5, 5.41) is 2.47. The Kier molecular flexibility index (Phi) is 5.54. The average Bonchev–Trinajstić information content (AvgIpc) is 2.43. The molecule has 0 aliphatic carbocycles. The van der Waals surface area contributed by atoms with Crippen molar-refractivity contribution in [3.8, 4) is 12.3 Å².